The number of rotatable bonds is 5. The molecule has 5 heteroatoms. The average molecular weight is 719 g/mol. The Bertz CT molecular complexity index is 1650. The van der Waals surface area contributed by atoms with Crippen molar-refractivity contribution in [3.8, 4) is 22.5 Å². The molecule has 0 unspecified atom stereocenters. The van der Waals surface area contributed by atoms with Crippen molar-refractivity contribution in [1.82, 2.24) is 9.97 Å². The molecule has 0 aliphatic carbocycles. The molecule has 6 rings (SSSR count). The Morgan fingerprint density at radius 3 is 2.25 bits per heavy atom. The third-order valence-corrected chi connectivity index (χ3v) is 8.73. The molecule has 3 aromatic heterocycles. The van der Waals surface area contributed by atoms with Crippen LogP contribution in [0.3, 0.4) is 0 Å². The Hall–Kier alpha value is -3.37. The fraction of sp³-hybridized carbons (Fsp3) is 0.200. The fourth-order valence-electron chi connectivity index (χ4n) is 4.82. The summed E-state index contributed by atoms with van der Waals surface area (Å²) in [5, 5.41) is 3.74. The van der Waals surface area contributed by atoms with Crippen LogP contribution in [0.1, 0.15) is 19.4 Å². The molecule has 6 aromatic rings. The normalized spacial score (nSPS) is 11.2. The van der Waals surface area contributed by atoms with E-state index >= 15 is 0 Å². The van der Waals surface area contributed by atoms with Crippen LogP contribution >= 0.6 is 0 Å². The summed E-state index contributed by atoms with van der Waals surface area (Å²) in [6.45, 7) is 11.7. The third-order valence-electron chi connectivity index (χ3n) is 6.66. The van der Waals surface area contributed by atoms with Crippen LogP contribution in [0.15, 0.2) is 102 Å². The van der Waals surface area contributed by atoms with Crippen molar-refractivity contribution in [2.45, 2.75) is 39.9 Å². The second kappa shape index (κ2) is 12.9. The number of hydrogen-bond acceptors (Lipinski definition) is 3. The Kier molecular flexibility index (Phi) is 9.52. The van der Waals surface area contributed by atoms with Crippen molar-refractivity contribution in [1.29, 1.82) is 0 Å². The van der Waals surface area contributed by atoms with E-state index in [-0.39, 0.29) is 20.1 Å². The molecule has 0 aliphatic heterocycles. The van der Waals surface area contributed by atoms with Crippen LogP contribution in [-0.4, -0.2) is 18.0 Å². The average Bonchev–Trinajstić information content (AvgIpc) is 3.31. The first kappa shape index (κ1) is 29.6. The molecule has 3 nitrogen and oxygen atoms in total. The minimum absolute atomic E-state index is 0. The second-order valence-corrected chi connectivity index (χ2v) is 16.3. The maximum absolute atomic E-state index is 5.94. The van der Waals surface area contributed by atoms with Gasteiger partial charge in [0.25, 0.3) is 0 Å². The van der Waals surface area contributed by atoms with Gasteiger partial charge in [0, 0.05) is 37.9 Å². The van der Waals surface area contributed by atoms with Gasteiger partial charge in [-0.05, 0) is 41.0 Å². The minimum atomic E-state index is -1.43. The molecule has 1 radical (unpaired) electrons. The third kappa shape index (κ3) is 6.85. The van der Waals surface area contributed by atoms with Crippen LogP contribution in [0, 0.1) is 18.1 Å². The number of fused-ring (bicyclic) bond motifs is 3. The van der Waals surface area contributed by atoms with E-state index in [1.54, 1.807) is 6.20 Å². The van der Waals surface area contributed by atoms with Gasteiger partial charge in [-0.25, -0.2) is 0 Å². The number of furan rings is 1. The Morgan fingerprint density at radius 2 is 1.55 bits per heavy atom. The number of benzene rings is 3. The molecule has 0 saturated heterocycles. The molecule has 3 aromatic carbocycles. The predicted molar refractivity (Wildman–Crippen MR) is 166 cm³/mol. The van der Waals surface area contributed by atoms with Crippen LogP contribution in [-0.2, 0) is 26.5 Å². The van der Waals surface area contributed by atoms with E-state index in [2.05, 4.69) is 81.1 Å². The van der Waals surface area contributed by atoms with Gasteiger partial charge in [0.1, 0.15) is 5.58 Å². The van der Waals surface area contributed by atoms with Crippen LogP contribution in [0.25, 0.3) is 44.5 Å². The minimum Gasteiger partial charge on any atom is -0.500 e. The topological polar surface area (TPSA) is 38.9 Å². The summed E-state index contributed by atoms with van der Waals surface area (Å²) in [7, 11) is -1.43. The van der Waals surface area contributed by atoms with Crippen LogP contribution in [0.5, 0.6) is 0 Å². The number of hydrogen-bond donors (Lipinski definition) is 0. The smallest absolute Gasteiger partial charge is 0.120 e. The summed E-state index contributed by atoms with van der Waals surface area (Å²) in [6.07, 6.45) is 4.99. The molecular formula is C35H34IrN2OSi-2. The van der Waals surface area contributed by atoms with E-state index in [1.807, 2.05) is 60.7 Å². The van der Waals surface area contributed by atoms with Crippen molar-refractivity contribution in [3.05, 3.63) is 115 Å². The first-order valence-electron chi connectivity index (χ1n) is 13.5. The van der Waals surface area contributed by atoms with Crippen molar-refractivity contribution in [2.24, 2.45) is 5.92 Å². The van der Waals surface area contributed by atoms with E-state index in [4.69, 9.17) is 9.40 Å². The van der Waals surface area contributed by atoms with Gasteiger partial charge in [-0.15, -0.1) is 59.7 Å². The molecule has 3 heterocycles. The van der Waals surface area contributed by atoms with Gasteiger partial charge in [-0.2, -0.15) is 0 Å². The van der Waals surface area contributed by atoms with Gasteiger partial charge < -0.3 is 14.4 Å². The van der Waals surface area contributed by atoms with E-state index in [1.165, 1.54) is 10.8 Å². The molecule has 40 heavy (non-hydrogen) atoms. The molecule has 205 valence electrons. The Labute approximate surface area is 252 Å². The van der Waals surface area contributed by atoms with Gasteiger partial charge in [0.2, 0.25) is 0 Å². The van der Waals surface area contributed by atoms with Crippen molar-refractivity contribution in [2.75, 3.05) is 0 Å². The van der Waals surface area contributed by atoms with E-state index in [0.29, 0.717) is 5.92 Å². The Morgan fingerprint density at radius 1 is 0.775 bits per heavy atom. The molecule has 0 N–H and O–H groups in total. The zero-order valence-electron chi connectivity index (χ0n) is 23.7. The van der Waals surface area contributed by atoms with E-state index < -0.39 is 8.07 Å². The molecule has 0 saturated carbocycles. The summed E-state index contributed by atoms with van der Waals surface area (Å²) >= 11 is 0. The van der Waals surface area contributed by atoms with Crippen LogP contribution in [0.4, 0.5) is 0 Å². The van der Waals surface area contributed by atoms with Crippen LogP contribution < -0.4 is 5.19 Å². The molecular weight excluding hydrogens is 685 g/mol. The summed E-state index contributed by atoms with van der Waals surface area (Å²) in [6, 6.07) is 34.8. The zero-order chi connectivity index (χ0) is 27.4. The summed E-state index contributed by atoms with van der Waals surface area (Å²) < 4.78 is 5.94. The molecule has 0 fully saturated rings. The van der Waals surface area contributed by atoms with Gasteiger partial charge >= 0.3 is 0 Å². The second-order valence-electron chi connectivity index (χ2n) is 11.3. The first-order chi connectivity index (χ1) is 18.8. The maximum atomic E-state index is 5.94. The SMILES string of the molecule is CC(C)Cc1cc(-c2[c-]cc3oc4ccccc4c3c2)ncc1[Si](C)(C)C.[Ir].[c-]1ccccc1-c1ccccn1. The molecule has 0 aliphatic rings. The summed E-state index contributed by atoms with van der Waals surface area (Å²) in [4.78, 5) is 9.05. The van der Waals surface area contributed by atoms with Crippen LogP contribution in [0.2, 0.25) is 19.6 Å². The summed E-state index contributed by atoms with van der Waals surface area (Å²) in [5.74, 6) is 0.625. The quantitative estimate of drug-likeness (QED) is 0.132. The van der Waals surface area contributed by atoms with Crippen molar-refractivity contribution < 1.29 is 24.5 Å². The van der Waals surface area contributed by atoms with E-state index in [9.17, 15) is 0 Å². The number of para-hydroxylation sites is 1. The monoisotopic (exact) mass is 719 g/mol. The Balaban J connectivity index is 0.000000238. The van der Waals surface area contributed by atoms with Crippen molar-refractivity contribution >= 4 is 35.2 Å². The van der Waals surface area contributed by atoms with Gasteiger partial charge in [-0.3, -0.25) is 0 Å². The number of nitrogens with zero attached hydrogens (tertiary/aromatic N) is 2. The molecule has 0 bridgehead atoms. The van der Waals surface area contributed by atoms with Gasteiger partial charge in [0.05, 0.1) is 13.7 Å². The molecule has 0 amide bonds. The first-order valence-corrected chi connectivity index (χ1v) is 17.0. The van der Waals surface area contributed by atoms with Gasteiger partial charge in [-0.1, -0.05) is 80.8 Å². The fourth-order valence-corrected chi connectivity index (χ4v) is 6.41. The molecule has 0 atom stereocenters. The van der Waals surface area contributed by atoms with Crippen molar-refractivity contribution in [3.63, 3.8) is 0 Å². The maximum Gasteiger partial charge on any atom is 0.120 e. The predicted octanol–water partition coefficient (Wildman–Crippen LogP) is 8.74. The standard InChI is InChI=1S/C24H26NOSi.C11H8N.Ir/c1-16(2)12-18-14-21(25-15-24(18)27(3,4)5)17-10-11-23-20(13-17)19-8-6-7-9-22(19)26-23;1-2-6-10(7-3-1)11-8-4-5-9-12-11;/h6-9,11,13-16H,12H2,1-5H3;1-6,8-9H;/q2*-1;. The zero-order valence-corrected chi connectivity index (χ0v) is 27.1. The number of pyridine rings is 2. The number of aromatic nitrogens is 2. The van der Waals surface area contributed by atoms with E-state index in [0.717, 1.165) is 50.9 Å². The largest absolute Gasteiger partial charge is 0.500 e. The molecule has 0 spiro atoms. The summed E-state index contributed by atoms with van der Waals surface area (Å²) in [5.41, 5.74) is 7.28. The van der Waals surface area contributed by atoms with Gasteiger partial charge in [0.15, 0.2) is 0 Å².